The van der Waals surface area contributed by atoms with Gasteiger partial charge >= 0.3 is 0 Å². The molecule has 0 saturated heterocycles. The van der Waals surface area contributed by atoms with Crippen LogP contribution >= 0.6 is 46.0 Å². The summed E-state index contributed by atoms with van der Waals surface area (Å²) in [6, 6.07) is 0. The van der Waals surface area contributed by atoms with Crippen LogP contribution in [0.15, 0.2) is 46.8 Å². The molecule has 0 aromatic carbocycles. The molecule has 8 nitrogen and oxygen atoms in total. The molecular weight excluding hydrogens is 420 g/mol. The maximum Gasteiger partial charge on any atom is 0.277 e. The second-order valence-corrected chi connectivity index (χ2v) is 8.06. The van der Waals surface area contributed by atoms with Gasteiger partial charge < -0.3 is 0 Å². The molecule has 134 valence electrons. The molecule has 0 bridgehead atoms. The van der Waals surface area contributed by atoms with E-state index in [0.29, 0.717) is 31.3 Å². The van der Waals surface area contributed by atoms with Gasteiger partial charge in [-0.2, -0.15) is 0 Å². The zero-order valence-corrected chi connectivity index (χ0v) is 16.0. The smallest absolute Gasteiger partial charge is 0.277 e. The Kier molecular flexibility index (Phi) is 6.69. The molecule has 0 spiro atoms. The lowest BCUT2D eigenvalue weighted by atomic mass is 10.0. The van der Waals surface area contributed by atoms with Crippen LogP contribution in [-0.4, -0.2) is 29.8 Å². The Morgan fingerprint density at radius 3 is 1.46 bits per heavy atom. The number of nitrogens with zero attached hydrogens (tertiary/aromatic N) is 2. The number of thiocarbonyl (C=S) groups is 2. The van der Waals surface area contributed by atoms with Gasteiger partial charge in [-0.05, 0) is 33.7 Å². The van der Waals surface area contributed by atoms with Crippen molar-refractivity contribution in [3.63, 3.8) is 0 Å². The van der Waals surface area contributed by atoms with E-state index in [0.717, 1.165) is 12.2 Å². The Hall–Kier alpha value is -2.02. The molecule has 0 amide bonds. The van der Waals surface area contributed by atoms with Gasteiger partial charge in [0.25, 0.3) is 11.4 Å². The Labute approximate surface area is 165 Å². The summed E-state index contributed by atoms with van der Waals surface area (Å²) in [5.74, 6) is 0. The van der Waals surface area contributed by atoms with Gasteiger partial charge in [0.05, 0.1) is 21.0 Å². The van der Waals surface area contributed by atoms with E-state index in [1.165, 1.54) is 12.2 Å². The third-order valence-electron chi connectivity index (χ3n) is 3.25. The summed E-state index contributed by atoms with van der Waals surface area (Å²) in [4.78, 5) is 45.9. The molecule has 26 heavy (non-hydrogen) atoms. The average Bonchev–Trinajstić information content (AvgIpc) is 2.58. The molecule has 0 aromatic rings. The standard InChI is InChI=1S/C14H8N2O6S4/c17-13(9-5-7(23)1-3-11(9)15(19)20)25-26-14(18)10-6-8(24)2-4-12(10)16(21)22/h1-4H,5-6H2. The summed E-state index contributed by atoms with van der Waals surface area (Å²) in [5, 5.41) is 20.7. The third-order valence-corrected chi connectivity index (χ3v) is 5.85. The van der Waals surface area contributed by atoms with Crippen LogP contribution in [0.25, 0.3) is 0 Å². The van der Waals surface area contributed by atoms with Crippen molar-refractivity contribution in [2.75, 3.05) is 0 Å². The third kappa shape index (κ3) is 4.78. The van der Waals surface area contributed by atoms with Crippen LogP contribution in [0.4, 0.5) is 0 Å². The van der Waals surface area contributed by atoms with Crippen LogP contribution in [0.3, 0.4) is 0 Å². The second-order valence-electron chi connectivity index (χ2n) is 4.94. The number of hydrogen-bond acceptors (Lipinski definition) is 10. The van der Waals surface area contributed by atoms with E-state index in [4.69, 9.17) is 24.4 Å². The van der Waals surface area contributed by atoms with Crippen LogP contribution < -0.4 is 0 Å². The molecule has 0 atom stereocenters. The molecule has 0 aromatic heterocycles. The topological polar surface area (TPSA) is 120 Å². The normalized spacial score (nSPS) is 16.9. The van der Waals surface area contributed by atoms with E-state index in [9.17, 15) is 29.8 Å². The van der Waals surface area contributed by atoms with Gasteiger partial charge in [-0.15, -0.1) is 0 Å². The zero-order valence-electron chi connectivity index (χ0n) is 12.7. The average molecular weight is 428 g/mol. The first kappa shape index (κ1) is 20.3. The SMILES string of the molecule is O=C(SSC(=O)C1=C([N+](=O)[O-])C=CC(=S)C1)C1=C([N+](=O)[O-])C=CC(=S)C1. The first-order chi connectivity index (χ1) is 12.2. The molecular formula is C14H8N2O6S4. The fraction of sp³-hybridized carbons (Fsp3) is 0.143. The zero-order chi connectivity index (χ0) is 19.4. The number of rotatable bonds is 4. The van der Waals surface area contributed by atoms with Gasteiger partial charge in [0, 0.05) is 34.7 Å². The van der Waals surface area contributed by atoms with E-state index in [-0.39, 0.29) is 35.4 Å². The molecule has 0 heterocycles. The lowest BCUT2D eigenvalue weighted by molar-refractivity contribution is -0.420. The molecule has 2 aliphatic carbocycles. The largest absolute Gasteiger partial charge is 0.281 e. The van der Waals surface area contributed by atoms with Crippen molar-refractivity contribution in [3.8, 4) is 0 Å². The van der Waals surface area contributed by atoms with Crippen molar-refractivity contribution in [3.05, 3.63) is 67.1 Å². The molecule has 2 aliphatic rings. The lowest BCUT2D eigenvalue weighted by Gasteiger charge is -2.10. The minimum atomic E-state index is -0.698. The first-order valence-corrected chi connectivity index (χ1v) is 9.77. The lowest BCUT2D eigenvalue weighted by Crippen LogP contribution is -2.15. The van der Waals surface area contributed by atoms with Gasteiger partial charge in [-0.1, -0.05) is 24.4 Å². The van der Waals surface area contributed by atoms with Gasteiger partial charge in [0.1, 0.15) is 0 Å². The van der Waals surface area contributed by atoms with Crippen molar-refractivity contribution in [1.82, 2.24) is 0 Å². The molecule has 12 heteroatoms. The quantitative estimate of drug-likeness (QED) is 0.286. The highest BCUT2D eigenvalue weighted by molar-refractivity contribution is 8.87. The minimum Gasteiger partial charge on any atom is -0.281 e. The predicted molar refractivity (Wildman–Crippen MR) is 106 cm³/mol. The Bertz CT molecular complexity index is 812. The van der Waals surface area contributed by atoms with E-state index < -0.39 is 20.1 Å². The van der Waals surface area contributed by atoms with Crippen molar-refractivity contribution in [1.29, 1.82) is 0 Å². The van der Waals surface area contributed by atoms with E-state index >= 15 is 0 Å². The fourth-order valence-electron chi connectivity index (χ4n) is 2.06. The van der Waals surface area contributed by atoms with Crippen molar-refractivity contribution in [2.45, 2.75) is 12.8 Å². The summed E-state index contributed by atoms with van der Waals surface area (Å²) in [6.07, 6.45) is 4.89. The van der Waals surface area contributed by atoms with Crippen molar-refractivity contribution >= 4 is 66.0 Å². The van der Waals surface area contributed by atoms with Gasteiger partial charge in [0.15, 0.2) is 0 Å². The maximum absolute atomic E-state index is 12.3. The molecule has 0 unspecified atom stereocenters. The summed E-state index contributed by atoms with van der Waals surface area (Å²) in [7, 11) is 0.942. The number of carbonyl (C=O) groups is 2. The minimum absolute atomic E-state index is 0.0710. The molecule has 0 aliphatic heterocycles. The van der Waals surface area contributed by atoms with E-state index in [2.05, 4.69) is 0 Å². The highest BCUT2D eigenvalue weighted by Gasteiger charge is 2.30. The number of carbonyl (C=O) groups excluding carboxylic acids is 2. The highest BCUT2D eigenvalue weighted by atomic mass is 33.1. The second kappa shape index (κ2) is 8.58. The van der Waals surface area contributed by atoms with E-state index in [1.807, 2.05) is 0 Å². The van der Waals surface area contributed by atoms with Crippen molar-refractivity contribution in [2.24, 2.45) is 0 Å². The summed E-state index contributed by atoms with van der Waals surface area (Å²) >= 11 is 9.91. The predicted octanol–water partition coefficient (Wildman–Crippen LogP) is 3.14. The van der Waals surface area contributed by atoms with Gasteiger partial charge in [-0.3, -0.25) is 29.8 Å². The Morgan fingerprint density at radius 1 is 0.808 bits per heavy atom. The number of allylic oxidation sites excluding steroid dienone is 4. The summed E-state index contributed by atoms with van der Waals surface area (Å²) in [6.45, 7) is 0. The monoisotopic (exact) mass is 428 g/mol. The maximum atomic E-state index is 12.3. The van der Waals surface area contributed by atoms with E-state index in [1.54, 1.807) is 0 Å². The highest BCUT2D eigenvalue weighted by Crippen LogP contribution is 2.35. The van der Waals surface area contributed by atoms with Crippen LogP contribution in [0.1, 0.15) is 12.8 Å². The Balaban J connectivity index is 2.17. The van der Waals surface area contributed by atoms with Crippen LogP contribution in [0.2, 0.25) is 0 Å². The number of hydrogen-bond donors (Lipinski definition) is 0. The summed E-state index contributed by atoms with van der Waals surface area (Å²) in [5.41, 5.74) is -0.988. The number of nitro groups is 2. The molecule has 0 N–H and O–H groups in total. The van der Waals surface area contributed by atoms with Crippen LogP contribution in [0.5, 0.6) is 0 Å². The summed E-state index contributed by atoms with van der Waals surface area (Å²) < 4.78 is 0. The molecule has 0 fully saturated rings. The van der Waals surface area contributed by atoms with Gasteiger partial charge in [-0.25, -0.2) is 0 Å². The first-order valence-electron chi connectivity index (χ1n) is 6.80. The van der Waals surface area contributed by atoms with Crippen LogP contribution in [0, 0.1) is 20.2 Å². The fourth-order valence-corrected chi connectivity index (χ4v) is 4.25. The molecule has 0 saturated carbocycles. The van der Waals surface area contributed by atoms with Gasteiger partial charge in [0.2, 0.25) is 10.2 Å². The molecule has 0 radical (unpaired) electrons. The Morgan fingerprint density at radius 2 is 1.15 bits per heavy atom. The van der Waals surface area contributed by atoms with Crippen molar-refractivity contribution < 1.29 is 19.4 Å². The molecule has 2 rings (SSSR count). The van der Waals surface area contributed by atoms with Crippen LogP contribution in [-0.2, 0) is 9.59 Å².